The van der Waals surface area contributed by atoms with Crippen LogP contribution in [0.5, 0.6) is 0 Å². The fourth-order valence-corrected chi connectivity index (χ4v) is 8.75. The minimum atomic E-state index is -0.138. The molecule has 0 fully saturated rings. The van der Waals surface area contributed by atoms with Gasteiger partial charge in [0.05, 0.1) is 0 Å². The molecule has 0 bridgehead atoms. The molecule has 8 aromatic carbocycles. The molecule has 0 N–H and O–H groups in total. The predicted octanol–water partition coefficient (Wildman–Crippen LogP) is 12.4. The van der Waals surface area contributed by atoms with Crippen LogP contribution in [-0.4, -0.2) is 0 Å². The average molecular weight is 571 g/mol. The average Bonchev–Trinajstić information content (AvgIpc) is 3.54. The quantitative estimate of drug-likeness (QED) is 0.194. The van der Waals surface area contributed by atoms with Gasteiger partial charge in [-0.15, -0.1) is 0 Å². The Hall–Kier alpha value is -5.46. The second-order valence-corrected chi connectivity index (χ2v) is 13.2. The van der Waals surface area contributed by atoms with Crippen LogP contribution >= 0.6 is 0 Å². The second-order valence-electron chi connectivity index (χ2n) is 13.2. The molecule has 0 heteroatoms. The highest BCUT2D eigenvalue weighted by Crippen LogP contribution is 2.62. The van der Waals surface area contributed by atoms with E-state index in [1.807, 2.05) is 0 Å². The molecule has 0 saturated heterocycles. The highest BCUT2D eigenvalue weighted by molar-refractivity contribution is 6.29. The molecule has 0 atom stereocenters. The van der Waals surface area contributed by atoms with Gasteiger partial charge >= 0.3 is 0 Å². The van der Waals surface area contributed by atoms with E-state index in [0.29, 0.717) is 0 Å². The molecule has 0 saturated carbocycles. The summed E-state index contributed by atoms with van der Waals surface area (Å²) in [5.74, 6) is 0. The molecule has 45 heavy (non-hydrogen) atoms. The zero-order valence-corrected chi connectivity index (χ0v) is 25.4. The second kappa shape index (κ2) is 8.80. The Morgan fingerprint density at radius 2 is 0.933 bits per heavy atom. The molecule has 0 unspecified atom stereocenters. The van der Waals surface area contributed by atoms with Gasteiger partial charge in [0, 0.05) is 5.41 Å². The Morgan fingerprint density at radius 1 is 0.378 bits per heavy atom. The first-order valence-electron chi connectivity index (χ1n) is 16.0. The summed E-state index contributed by atoms with van der Waals surface area (Å²) in [6.45, 7) is 4.85. The molecule has 0 radical (unpaired) electrons. The Balaban J connectivity index is 1.42. The molecule has 0 heterocycles. The molecule has 210 valence electrons. The third kappa shape index (κ3) is 3.16. The standard InChI is InChI=1S/C45H30/c1-45(2)37-26-36-40-33(41(37)35-25-24-27-14-9-10-19-30(27)44(35)45)22-13-23-34(40)42-38(28-15-5-3-6-16-28)31-20-11-12-21-32(31)39(43(36)42)29-17-7-4-8-18-29/h3-26H,1-2H3. The van der Waals surface area contributed by atoms with Gasteiger partial charge in [-0.05, 0) is 105 Å². The SMILES string of the molecule is CC1(C)c2cc3c4c(cccc4c2-c2ccc4ccccc4c21)-c1c-3c(-c2ccccc2)c2ccccc2c1-c1ccccc1. The first-order valence-corrected chi connectivity index (χ1v) is 16.0. The largest absolute Gasteiger partial charge is 0.0622 e. The van der Waals surface area contributed by atoms with Crippen molar-refractivity contribution in [2.45, 2.75) is 19.3 Å². The topological polar surface area (TPSA) is 0 Å². The van der Waals surface area contributed by atoms with Crippen LogP contribution < -0.4 is 0 Å². The summed E-state index contributed by atoms with van der Waals surface area (Å²) in [5.41, 5.74) is 16.1. The van der Waals surface area contributed by atoms with Crippen LogP contribution in [-0.2, 0) is 5.41 Å². The summed E-state index contributed by atoms with van der Waals surface area (Å²) in [6, 6.07) is 54.2. The maximum Gasteiger partial charge on any atom is 0.0165 e. The lowest BCUT2D eigenvalue weighted by Gasteiger charge is -2.24. The fourth-order valence-electron chi connectivity index (χ4n) is 8.75. The third-order valence-electron chi connectivity index (χ3n) is 10.5. The van der Waals surface area contributed by atoms with Crippen LogP contribution in [0.25, 0.3) is 88.0 Å². The summed E-state index contributed by atoms with van der Waals surface area (Å²) in [4.78, 5) is 0. The van der Waals surface area contributed by atoms with E-state index < -0.39 is 0 Å². The lowest BCUT2D eigenvalue weighted by molar-refractivity contribution is 0.667. The molecular formula is C45H30. The molecule has 0 aliphatic heterocycles. The van der Waals surface area contributed by atoms with E-state index in [4.69, 9.17) is 0 Å². The minimum Gasteiger partial charge on any atom is -0.0622 e. The molecule has 10 rings (SSSR count). The van der Waals surface area contributed by atoms with Gasteiger partial charge in [-0.25, -0.2) is 0 Å². The van der Waals surface area contributed by atoms with Crippen molar-refractivity contribution >= 4 is 32.3 Å². The monoisotopic (exact) mass is 570 g/mol. The lowest BCUT2D eigenvalue weighted by Crippen LogP contribution is -2.15. The molecule has 0 spiro atoms. The van der Waals surface area contributed by atoms with E-state index in [2.05, 4.69) is 159 Å². The van der Waals surface area contributed by atoms with Crippen LogP contribution in [0.4, 0.5) is 0 Å². The van der Waals surface area contributed by atoms with Gasteiger partial charge < -0.3 is 0 Å². The number of benzene rings is 8. The van der Waals surface area contributed by atoms with Crippen molar-refractivity contribution in [3.05, 3.63) is 157 Å². The molecule has 2 aliphatic rings. The first-order chi connectivity index (χ1) is 22.1. The van der Waals surface area contributed by atoms with Gasteiger partial charge in [0.1, 0.15) is 0 Å². The summed E-state index contributed by atoms with van der Waals surface area (Å²) in [5, 5.41) is 8.02. The fraction of sp³-hybridized carbons (Fsp3) is 0.0667. The highest BCUT2D eigenvalue weighted by Gasteiger charge is 2.41. The molecule has 0 nitrogen and oxygen atoms in total. The molecular weight excluding hydrogens is 540 g/mol. The van der Waals surface area contributed by atoms with Crippen molar-refractivity contribution in [3.8, 4) is 55.6 Å². The minimum absolute atomic E-state index is 0.138. The van der Waals surface area contributed by atoms with Gasteiger partial charge in [0.25, 0.3) is 0 Å². The number of hydrogen-bond donors (Lipinski definition) is 0. The summed E-state index contributed by atoms with van der Waals surface area (Å²) in [7, 11) is 0. The number of rotatable bonds is 2. The smallest absolute Gasteiger partial charge is 0.0165 e. The Morgan fingerprint density at radius 3 is 1.60 bits per heavy atom. The zero-order valence-electron chi connectivity index (χ0n) is 25.4. The van der Waals surface area contributed by atoms with Gasteiger partial charge in [0.2, 0.25) is 0 Å². The van der Waals surface area contributed by atoms with Crippen molar-refractivity contribution in [3.63, 3.8) is 0 Å². The normalized spacial score (nSPS) is 13.7. The van der Waals surface area contributed by atoms with Crippen LogP contribution in [0, 0.1) is 0 Å². The number of fused-ring (bicyclic) bond motifs is 10. The highest BCUT2D eigenvalue weighted by atomic mass is 14.4. The van der Waals surface area contributed by atoms with Gasteiger partial charge in [-0.2, -0.15) is 0 Å². The van der Waals surface area contributed by atoms with Crippen LogP contribution in [0.2, 0.25) is 0 Å². The molecule has 8 aromatic rings. The lowest BCUT2D eigenvalue weighted by atomic mass is 9.78. The maximum atomic E-state index is 2.57. The van der Waals surface area contributed by atoms with E-state index in [1.54, 1.807) is 0 Å². The van der Waals surface area contributed by atoms with Gasteiger partial charge in [-0.1, -0.05) is 153 Å². The van der Waals surface area contributed by atoms with Crippen LogP contribution in [0.15, 0.2) is 146 Å². The first kappa shape index (κ1) is 24.9. The van der Waals surface area contributed by atoms with Crippen LogP contribution in [0.3, 0.4) is 0 Å². The summed E-state index contributed by atoms with van der Waals surface area (Å²) >= 11 is 0. The van der Waals surface area contributed by atoms with E-state index in [9.17, 15) is 0 Å². The van der Waals surface area contributed by atoms with Crippen molar-refractivity contribution in [1.82, 2.24) is 0 Å². The van der Waals surface area contributed by atoms with Crippen molar-refractivity contribution in [1.29, 1.82) is 0 Å². The van der Waals surface area contributed by atoms with Gasteiger partial charge in [0.15, 0.2) is 0 Å². The third-order valence-corrected chi connectivity index (χ3v) is 10.5. The van der Waals surface area contributed by atoms with E-state index >= 15 is 0 Å². The van der Waals surface area contributed by atoms with E-state index in [1.165, 1.54) is 99.1 Å². The van der Waals surface area contributed by atoms with Gasteiger partial charge in [-0.3, -0.25) is 0 Å². The van der Waals surface area contributed by atoms with Crippen molar-refractivity contribution in [2.75, 3.05) is 0 Å². The summed E-state index contributed by atoms with van der Waals surface area (Å²) < 4.78 is 0. The predicted molar refractivity (Wildman–Crippen MR) is 192 cm³/mol. The van der Waals surface area contributed by atoms with E-state index in [0.717, 1.165) is 0 Å². The zero-order chi connectivity index (χ0) is 29.9. The molecule has 2 aliphatic carbocycles. The van der Waals surface area contributed by atoms with Crippen molar-refractivity contribution in [2.24, 2.45) is 0 Å². The maximum absolute atomic E-state index is 2.57. The summed E-state index contributed by atoms with van der Waals surface area (Å²) in [6.07, 6.45) is 0. The van der Waals surface area contributed by atoms with Crippen LogP contribution in [0.1, 0.15) is 25.0 Å². The molecule has 0 aromatic heterocycles. The molecule has 0 amide bonds. The number of hydrogen-bond acceptors (Lipinski definition) is 0. The Kier molecular flexibility index (Phi) is 4.88. The van der Waals surface area contributed by atoms with Crippen molar-refractivity contribution < 1.29 is 0 Å². The Bertz CT molecular complexity index is 2530. The Labute approximate surface area is 263 Å². The van der Waals surface area contributed by atoms with E-state index in [-0.39, 0.29) is 5.41 Å².